The molecule has 0 spiro atoms. The van der Waals surface area contributed by atoms with E-state index in [4.69, 9.17) is 0 Å². The predicted molar refractivity (Wildman–Crippen MR) is 85.9 cm³/mol. The van der Waals surface area contributed by atoms with Crippen molar-refractivity contribution in [3.05, 3.63) is 57.3 Å². The number of fused-ring (bicyclic) bond motifs is 1. The Morgan fingerprint density at radius 1 is 1.33 bits per heavy atom. The molecule has 2 aromatic rings. The Kier molecular flexibility index (Phi) is 4.69. The standard InChI is InChI=1S/C16H16F3N3OS/c1-24-13-5-3-2-4-10(13)8-22-7-6-12-11(9-22)14(23)21-15(20-12)16(17,18)19/h2-5H,6-9H2,1H3,(H,20,21,23). The highest BCUT2D eigenvalue weighted by Crippen LogP contribution is 2.27. The van der Waals surface area contributed by atoms with E-state index in [0.717, 1.165) is 10.5 Å². The van der Waals surface area contributed by atoms with Crippen molar-refractivity contribution in [2.45, 2.75) is 30.6 Å². The van der Waals surface area contributed by atoms with Crippen LogP contribution in [0.4, 0.5) is 13.2 Å². The maximum Gasteiger partial charge on any atom is 0.449 e. The molecule has 4 nitrogen and oxygen atoms in total. The summed E-state index contributed by atoms with van der Waals surface area (Å²) in [6.07, 6.45) is -2.30. The van der Waals surface area contributed by atoms with E-state index >= 15 is 0 Å². The molecule has 0 amide bonds. The van der Waals surface area contributed by atoms with Crippen LogP contribution in [0.2, 0.25) is 0 Å². The number of alkyl halides is 3. The van der Waals surface area contributed by atoms with Crippen molar-refractivity contribution in [3.63, 3.8) is 0 Å². The van der Waals surface area contributed by atoms with Gasteiger partial charge in [0.25, 0.3) is 5.56 Å². The van der Waals surface area contributed by atoms with Gasteiger partial charge in [-0.3, -0.25) is 9.69 Å². The van der Waals surface area contributed by atoms with Gasteiger partial charge in [-0.25, -0.2) is 4.98 Å². The van der Waals surface area contributed by atoms with Crippen molar-refractivity contribution >= 4 is 11.8 Å². The quantitative estimate of drug-likeness (QED) is 0.860. The minimum absolute atomic E-state index is 0.250. The van der Waals surface area contributed by atoms with Crippen LogP contribution in [-0.4, -0.2) is 27.7 Å². The molecule has 1 aliphatic heterocycles. The van der Waals surface area contributed by atoms with Crippen LogP contribution in [0.3, 0.4) is 0 Å². The molecule has 0 atom stereocenters. The number of aromatic nitrogens is 2. The lowest BCUT2D eigenvalue weighted by molar-refractivity contribution is -0.145. The number of hydrogen-bond donors (Lipinski definition) is 1. The molecule has 2 heterocycles. The summed E-state index contributed by atoms with van der Waals surface area (Å²) in [6, 6.07) is 7.98. The number of H-pyrrole nitrogens is 1. The first kappa shape index (κ1) is 17.0. The lowest BCUT2D eigenvalue weighted by Gasteiger charge is -2.28. The average Bonchev–Trinajstić information content (AvgIpc) is 2.55. The van der Waals surface area contributed by atoms with Crippen molar-refractivity contribution < 1.29 is 13.2 Å². The van der Waals surface area contributed by atoms with Crippen molar-refractivity contribution in [1.29, 1.82) is 0 Å². The second kappa shape index (κ2) is 6.60. The minimum atomic E-state index is -4.64. The molecule has 24 heavy (non-hydrogen) atoms. The number of nitrogens with zero attached hydrogens (tertiary/aromatic N) is 2. The smallest absolute Gasteiger partial charge is 0.303 e. The van der Waals surface area contributed by atoms with Gasteiger partial charge in [-0.1, -0.05) is 18.2 Å². The lowest BCUT2D eigenvalue weighted by Crippen LogP contribution is -2.36. The van der Waals surface area contributed by atoms with Crippen molar-refractivity contribution in [2.75, 3.05) is 12.8 Å². The highest BCUT2D eigenvalue weighted by atomic mass is 32.2. The summed E-state index contributed by atoms with van der Waals surface area (Å²) in [7, 11) is 0. The van der Waals surface area contributed by atoms with Crippen LogP contribution in [0.5, 0.6) is 0 Å². The fourth-order valence-corrected chi connectivity index (χ4v) is 3.43. The van der Waals surface area contributed by atoms with E-state index in [9.17, 15) is 18.0 Å². The molecular formula is C16H16F3N3OS. The van der Waals surface area contributed by atoms with Gasteiger partial charge in [0, 0.05) is 31.0 Å². The molecule has 0 radical (unpaired) electrons. The molecule has 1 N–H and O–H groups in total. The van der Waals surface area contributed by atoms with Crippen LogP contribution < -0.4 is 5.56 Å². The Bertz CT molecular complexity index is 804. The largest absolute Gasteiger partial charge is 0.449 e. The predicted octanol–water partition coefficient (Wildman–Crippen LogP) is 3.07. The maximum atomic E-state index is 12.7. The number of thioether (sulfide) groups is 1. The van der Waals surface area contributed by atoms with E-state index in [1.165, 1.54) is 0 Å². The molecule has 3 rings (SSSR count). The van der Waals surface area contributed by atoms with E-state index in [2.05, 4.69) is 9.88 Å². The molecule has 0 saturated carbocycles. The third-order valence-electron chi connectivity index (χ3n) is 4.00. The SMILES string of the molecule is CSc1ccccc1CN1CCc2nc(C(F)(F)F)[nH]c(=O)c2C1. The molecule has 1 aliphatic rings. The van der Waals surface area contributed by atoms with Crippen LogP contribution in [-0.2, 0) is 25.7 Å². The molecule has 0 unspecified atom stereocenters. The van der Waals surface area contributed by atoms with Gasteiger partial charge in [0.05, 0.1) is 11.3 Å². The van der Waals surface area contributed by atoms with Crippen molar-refractivity contribution in [1.82, 2.24) is 14.9 Å². The normalized spacial score (nSPS) is 15.3. The second-order valence-corrected chi connectivity index (χ2v) is 6.46. The summed E-state index contributed by atoms with van der Waals surface area (Å²) in [6.45, 7) is 1.53. The molecule has 0 aliphatic carbocycles. The Labute approximate surface area is 141 Å². The second-order valence-electron chi connectivity index (χ2n) is 5.61. The van der Waals surface area contributed by atoms with Gasteiger partial charge in [0.2, 0.25) is 5.82 Å². The fraction of sp³-hybridized carbons (Fsp3) is 0.375. The summed E-state index contributed by atoms with van der Waals surface area (Å²) in [4.78, 5) is 20.7. The zero-order valence-corrected chi connectivity index (χ0v) is 13.8. The molecule has 8 heteroatoms. The first-order chi connectivity index (χ1) is 11.4. The summed E-state index contributed by atoms with van der Waals surface area (Å²) >= 11 is 1.65. The number of hydrogen-bond acceptors (Lipinski definition) is 4. The lowest BCUT2D eigenvalue weighted by atomic mass is 10.1. The van der Waals surface area contributed by atoms with E-state index < -0.39 is 17.6 Å². The number of rotatable bonds is 3. The van der Waals surface area contributed by atoms with Crippen LogP contribution in [0.1, 0.15) is 22.6 Å². The van der Waals surface area contributed by atoms with Gasteiger partial charge in [-0.15, -0.1) is 11.8 Å². The summed E-state index contributed by atoms with van der Waals surface area (Å²) in [5.74, 6) is -1.22. The van der Waals surface area contributed by atoms with E-state index in [1.807, 2.05) is 35.5 Å². The molecule has 1 aromatic heterocycles. The number of nitrogens with one attached hydrogen (secondary N) is 1. The first-order valence-electron chi connectivity index (χ1n) is 7.42. The molecular weight excluding hydrogens is 339 g/mol. The molecule has 0 fully saturated rings. The Morgan fingerprint density at radius 3 is 2.79 bits per heavy atom. The molecule has 128 valence electrons. The monoisotopic (exact) mass is 355 g/mol. The van der Waals surface area contributed by atoms with Gasteiger partial charge in [0.15, 0.2) is 0 Å². The topological polar surface area (TPSA) is 49.0 Å². The van der Waals surface area contributed by atoms with Crippen LogP contribution in [0, 0.1) is 0 Å². The van der Waals surface area contributed by atoms with E-state index in [-0.39, 0.29) is 5.69 Å². The third kappa shape index (κ3) is 3.49. The zero-order valence-electron chi connectivity index (χ0n) is 13.0. The highest BCUT2D eigenvalue weighted by molar-refractivity contribution is 7.98. The zero-order chi connectivity index (χ0) is 17.3. The van der Waals surface area contributed by atoms with Crippen LogP contribution >= 0.6 is 11.8 Å². The maximum absolute atomic E-state index is 12.7. The van der Waals surface area contributed by atoms with E-state index in [1.54, 1.807) is 11.8 Å². The van der Waals surface area contributed by atoms with E-state index in [0.29, 0.717) is 31.6 Å². The first-order valence-corrected chi connectivity index (χ1v) is 8.64. The minimum Gasteiger partial charge on any atom is -0.303 e. The van der Waals surface area contributed by atoms with Gasteiger partial charge in [0.1, 0.15) is 0 Å². The number of benzene rings is 1. The number of aromatic amines is 1. The van der Waals surface area contributed by atoms with Gasteiger partial charge >= 0.3 is 6.18 Å². The average molecular weight is 355 g/mol. The Balaban J connectivity index is 1.84. The fourth-order valence-electron chi connectivity index (χ4n) is 2.82. The molecule has 1 aromatic carbocycles. The third-order valence-corrected chi connectivity index (χ3v) is 4.84. The van der Waals surface area contributed by atoms with Crippen LogP contribution in [0.25, 0.3) is 0 Å². The molecule has 0 saturated heterocycles. The summed E-state index contributed by atoms with van der Waals surface area (Å²) < 4.78 is 38.2. The van der Waals surface area contributed by atoms with Gasteiger partial charge in [-0.05, 0) is 17.9 Å². The molecule has 0 bridgehead atoms. The van der Waals surface area contributed by atoms with Gasteiger partial charge in [-0.2, -0.15) is 13.2 Å². The Hall–Kier alpha value is -1.80. The summed E-state index contributed by atoms with van der Waals surface area (Å²) in [5.41, 5.74) is 1.02. The van der Waals surface area contributed by atoms with Gasteiger partial charge < -0.3 is 4.98 Å². The van der Waals surface area contributed by atoms with Crippen molar-refractivity contribution in [3.8, 4) is 0 Å². The highest BCUT2D eigenvalue weighted by Gasteiger charge is 2.35. The van der Waals surface area contributed by atoms with Crippen molar-refractivity contribution in [2.24, 2.45) is 0 Å². The van der Waals surface area contributed by atoms with Crippen LogP contribution in [0.15, 0.2) is 34.0 Å². The number of halogens is 3. The Morgan fingerprint density at radius 2 is 2.08 bits per heavy atom. The summed E-state index contributed by atoms with van der Waals surface area (Å²) in [5, 5.41) is 0.